The van der Waals surface area contributed by atoms with Gasteiger partial charge < -0.3 is 14.4 Å². The van der Waals surface area contributed by atoms with Gasteiger partial charge in [0.1, 0.15) is 11.9 Å². The minimum absolute atomic E-state index is 0.0996. The minimum Gasteiger partial charge on any atom is -0.467 e. The van der Waals surface area contributed by atoms with E-state index in [9.17, 15) is 9.90 Å². The molecule has 3 heterocycles. The van der Waals surface area contributed by atoms with E-state index in [4.69, 9.17) is 4.42 Å². The van der Waals surface area contributed by atoms with Gasteiger partial charge in [0.15, 0.2) is 0 Å². The molecule has 1 amide bonds. The number of nitrogens with zero attached hydrogens (tertiary/aromatic N) is 1. The summed E-state index contributed by atoms with van der Waals surface area (Å²) in [4.78, 5) is 14.8. The van der Waals surface area contributed by atoms with Crippen LogP contribution in [0.1, 0.15) is 56.0 Å². The molecule has 1 aliphatic rings. The number of furan rings is 1. The van der Waals surface area contributed by atoms with Gasteiger partial charge in [0.2, 0.25) is 5.91 Å². The van der Waals surface area contributed by atoms with Crippen LogP contribution in [-0.2, 0) is 11.2 Å². The fourth-order valence-corrected chi connectivity index (χ4v) is 4.14. The maximum absolute atomic E-state index is 12.7. The van der Waals surface area contributed by atoms with Gasteiger partial charge in [-0.1, -0.05) is 12.8 Å². The molecule has 4 nitrogen and oxygen atoms in total. The number of likely N-dealkylation sites (tertiary alicyclic amines) is 1. The molecule has 1 saturated heterocycles. The summed E-state index contributed by atoms with van der Waals surface area (Å²) in [7, 11) is 0. The highest BCUT2D eigenvalue weighted by Crippen LogP contribution is 2.27. The molecule has 0 unspecified atom stereocenters. The Kier molecular flexibility index (Phi) is 6.10. The second-order valence-corrected chi connectivity index (χ2v) is 7.27. The minimum atomic E-state index is -0.643. The Labute approximate surface area is 147 Å². The average molecular weight is 347 g/mol. The van der Waals surface area contributed by atoms with Crippen molar-refractivity contribution in [2.24, 2.45) is 0 Å². The molecule has 2 atom stereocenters. The smallest absolute Gasteiger partial charge is 0.223 e. The number of rotatable bonds is 6. The second-order valence-electron chi connectivity index (χ2n) is 6.49. The summed E-state index contributed by atoms with van der Waals surface area (Å²) in [5.74, 6) is 0.796. The largest absolute Gasteiger partial charge is 0.467 e. The molecule has 1 fully saturated rings. The van der Waals surface area contributed by atoms with Crippen molar-refractivity contribution in [3.05, 3.63) is 46.5 Å². The fraction of sp³-hybridized carbons (Fsp3) is 0.526. The Bertz CT molecular complexity index is 609. The fourth-order valence-electron chi connectivity index (χ4n) is 3.44. The molecule has 0 aliphatic carbocycles. The summed E-state index contributed by atoms with van der Waals surface area (Å²) < 4.78 is 5.31. The third kappa shape index (κ3) is 4.48. The van der Waals surface area contributed by atoms with Gasteiger partial charge >= 0.3 is 0 Å². The summed E-state index contributed by atoms with van der Waals surface area (Å²) in [6, 6.07) is 5.76. The van der Waals surface area contributed by atoms with Crippen LogP contribution in [0.4, 0.5) is 0 Å². The summed E-state index contributed by atoms with van der Waals surface area (Å²) in [5.41, 5.74) is 1.23. The zero-order valence-electron chi connectivity index (χ0n) is 13.9. The van der Waals surface area contributed by atoms with E-state index in [2.05, 4.69) is 11.4 Å². The number of aliphatic hydroxyl groups is 1. The number of carbonyl (C=O) groups excluding carboxylic acids is 1. The van der Waals surface area contributed by atoms with Crippen LogP contribution in [-0.4, -0.2) is 28.5 Å². The van der Waals surface area contributed by atoms with Gasteiger partial charge in [0.05, 0.1) is 6.26 Å². The summed E-state index contributed by atoms with van der Waals surface area (Å²) in [6.07, 6.45) is 7.12. The van der Waals surface area contributed by atoms with Gasteiger partial charge in [-0.3, -0.25) is 4.79 Å². The molecule has 1 aliphatic heterocycles. The number of hydrogen-bond donors (Lipinski definition) is 1. The van der Waals surface area contributed by atoms with E-state index in [1.165, 1.54) is 5.56 Å². The molecule has 24 heavy (non-hydrogen) atoms. The molecule has 2 aromatic rings. The van der Waals surface area contributed by atoms with Crippen LogP contribution < -0.4 is 0 Å². The summed E-state index contributed by atoms with van der Waals surface area (Å²) in [6.45, 7) is 0.804. The van der Waals surface area contributed by atoms with Crippen LogP contribution in [0, 0.1) is 0 Å². The molecule has 0 spiro atoms. The highest BCUT2D eigenvalue weighted by atomic mass is 32.1. The number of amides is 1. The van der Waals surface area contributed by atoms with Gasteiger partial charge in [-0.2, -0.15) is 11.3 Å². The molecule has 5 heteroatoms. The predicted molar refractivity (Wildman–Crippen MR) is 94.9 cm³/mol. The first-order valence-corrected chi connectivity index (χ1v) is 9.70. The summed E-state index contributed by atoms with van der Waals surface area (Å²) >= 11 is 1.67. The van der Waals surface area contributed by atoms with Crippen LogP contribution >= 0.6 is 11.3 Å². The molecule has 3 rings (SSSR count). The Hall–Kier alpha value is -1.59. The van der Waals surface area contributed by atoms with E-state index in [-0.39, 0.29) is 11.9 Å². The normalized spacial score (nSPS) is 19.9. The van der Waals surface area contributed by atoms with Crippen molar-refractivity contribution < 1.29 is 14.3 Å². The molecule has 0 saturated carbocycles. The Morgan fingerprint density at radius 2 is 2.29 bits per heavy atom. The predicted octanol–water partition coefficient (Wildman–Crippen LogP) is 4.17. The Morgan fingerprint density at radius 3 is 3.04 bits per heavy atom. The number of hydrogen-bond acceptors (Lipinski definition) is 4. The molecule has 1 N–H and O–H groups in total. The lowest BCUT2D eigenvalue weighted by molar-refractivity contribution is -0.134. The standard InChI is InChI=1S/C19H25NO3S/c21-17(18-6-4-11-23-18)13-16-5-2-1-3-10-20(16)19(22)8-7-15-9-12-24-14-15/h4,6,9,11-12,14,16-17,21H,1-3,5,7-8,10,13H2/t16-,17-/m1/s1. The van der Waals surface area contributed by atoms with Crippen LogP contribution in [0.25, 0.3) is 0 Å². The van der Waals surface area contributed by atoms with E-state index >= 15 is 0 Å². The quantitative estimate of drug-likeness (QED) is 0.853. The molecular formula is C19H25NO3S. The van der Waals surface area contributed by atoms with E-state index < -0.39 is 6.10 Å². The van der Waals surface area contributed by atoms with Crippen molar-refractivity contribution in [1.82, 2.24) is 4.90 Å². The van der Waals surface area contributed by atoms with Crippen molar-refractivity contribution >= 4 is 17.2 Å². The van der Waals surface area contributed by atoms with E-state index in [0.717, 1.165) is 38.6 Å². The van der Waals surface area contributed by atoms with E-state index in [1.807, 2.05) is 10.3 Å². The van der Waals surface area contributed by atoms with Crippen molar-refractivity contribution in [1.29, 1.82) is 0 Å². The van der Waals surface area contributed by atoms with Crippen LogP contribution in [0.2, 0.25) is 0 Å². The zero-order valence-corrected chi connectivity index (χ0v) is 14.7. The summed E-state index contributed by atoms with van der Waals surface area (Å²) in [5, 5.41) is 14.6. The SMILES string of the molecule is O=C(CCc1ccsc1)N1CCCCC[C@@H]1C[C@@H](O)c1ccco1. The van der Waals surface area contributed by atoms with Crippen molar-refractivity contribution in [3.8, 4) is 0 Å². The lowest BCUT2D eigenvalue weighted by Crippen LogP contribution is -2.41. The second kappa shape index (κ2) is 8.49. The number of carbonyl (C=O) groups is 1. The van der Waals surface area contributed by atoms with Crippen molar-refractivity contribution in [3.63, 3.8) is 0 Å². The lowest BCUT2D eigenvalue weighted by atomic mass is 10.0. The van der Waals surface area contributed by atoms with Crippen LogP contribution in [0.15, 0.2) is 39.6 Å². The average Bonchev–Trinajstić information content (AvgIpc) is 3.24. The maximum atomic E-state index is 12.7. The topological polar surface area (TPSA) is 53.7 Å². The number of aryl methyl sites for hydroxylation is 1. The maximum Gasteiger partial charge on any atom is 0.223 e. The Morgan fingerprint density at radius 1 is 1.38 bits per heavy atom. The molecule has 0 radical (unpaired) electrons. The molecule has 0 bridgehead atoms. The molecular weight excluding hydrogens is 322 g/mol. The third-order valence-corrected chi connectivity index (χ3v) is 5.50. The molecule has 2 aromatic heterocycles. The molecule has 130 valence electrons. The third-order valence-electron chi connectivity index (χ3n) is 4.77. The highest BCUT2D eigenvalue weighted by Gasteiger charge is 2.28. The number of thiophene rings is 1. The van der Waals surface area contributed by atoms with Crippen LogP contribution in [0.5, 0.6) is 0 Å². The zero-order chi connectivity index (χ0) is 16.8. The van der Waals surface area contributed by atoms with Gasteiger partial charge in [0, 0.05) is 25.4 Å². The first-order valence-electron chi connectivity index (χ1n) is 8.76. The van der Waals surface area contributed by atoms with E-state index in [0.29, 0.717) is 18.6 Å². The van der Waals surface area contributed by atoms with Gasteiger partial charge in [-0.25, -0.2) is 0 Å². The monoisotopic (exact) mass is 347 g/mol. The van der Waals surface area contributed by atoms with Crippen molar-refractivity contribution in [2.45, 2.75) is 57.1 Å². The first kappa shape index (κ1) is 17.2. The Balaban J connectivity index is 1.61. The number of aliphatic hydroxyl groups excluding tert-OH is 1. The first-order chi connectivity index (χ1) is 11.7. The lowest BCUT2D eigenvalue weighted by Gasteiger charge is -2.31. The van der Waals surface area contributed by atoms with E-state index in [1.54, 1.807) is 29.7 Å². The van der Waals surface area contributed by atoms with Gasteiger partial charge in [-0.15, -0.1) is 0 Å². The van der Waals surface area contributed by atoms with Crippen LogP contribution in [0.3, 0.4) is 0 Å². The van der Waals surface area contributed by atoms with Gasteiger partial charge in [0.25, 0.3) is 0 Å². The van der Waals surface area contributed by atoms with Gasteiger partial charge in [-0.05, 0) is 53.8 Å². The molecule has 0 aromatic carbocycles. The van der Waals surface area contributed by atoms with Crippen molar-refractivity contribution in [2.75, 3.05) is 6.54 Å². The highest BCUT2D eigenvalue weighted by molar-refractivity contribution is 7.07.